The first kappa shape index (κ1) is 5.80. The Bertz CT molecular complexity index is 208. The van der Waals surface area contributed by atoms with Gasteiger partial charge in [-0.15, -0.1) is 0 Å². The zero-order chi connectivity index (χ0) is 6.81. The lowest BCUT2D eigenvalue weighted by atomic mass is 10.1. The molecule has 2 heterocycles. The summed E-state index contributed by atoms with van der Waals surface area (Å²) in [6.07, 6.45) is 4.63. The maximum Gasteiger partial charge on any atom is 0.115 e. The van der Waals surface area contributed by atoms with Gasteiger partial charge in [-0.3, -0.25) is 0 Å². The van der Waals surface area contributed by atoms with E-state index in [1.807, 2.05) is 6.07 Å². The monoisotopic (exact) mass is 136 g/mol. The summed E-state index contributed by atoms with van der Waals surface area (Å²) in [4.78, 5) is 7.88. The molecule has 0 bridgehead atoms. The van der Waals surface area contributed by atoms with Gasteiger partial charge in [-0.2, -0.15) is 0 Å². The van der Waals surface area contributed by atoms with Crippen LogP contribution in [0.4, 0.5) is 0 Å². The topological polar surface area (TPSA) is 35.0 Å². The highest BCUT2D eigenvalue weighted by Gasteiger charge is 2.20. The molecule has 0 aliphatic carbocycles. The second-order valence-electron chi connectivity index (χ2n) is 2.28. The average Bonchev–Trinajstić information content (AvgIpc) is 1.86. The van der Waals surface area contributed by atoms with Crippen LogP contribution in [-0.2, 0) is 4.74 Å². The molecule has 3 nitrogen and oxygen atoms in total. The fourth-order valence-corrected chi connectivity index (χ4v) is 0.960. The summed E-state index contributed by atoms with van der Waals surface area (Å²) >= 11 is 0. The molecule has 1 unspecified atom stereocenters. The Balaban J connectivity index is 2.18. The SMILES string of the molecule is c1cc(C2CCO2)ncn1. The Labute approximate surface area is 59.1 Å². The molecule has 1 aromatic rings. The Morgan fingerprint density at radius 1 is 1.60 bits per heavy atom. The number of nitrogens with zero attached hydrogens (tertiary/aromatic N) is 2. The van der Waals surface area contributed by atoms with Gasteiger partial charge in [0.25, 0.3) is 0 Å². The molecule has 2 rings (SSSR count). The molecule has 0 spiro atoms. The predicted molar refractivity (Wildman–Crippen MR) is 35.3 cm³/mol. The third-order valence-corrected chi connectivity index (χ3v) is 1.63. The highest BCUT2D eigenvalue weighted by molar-refractivity contribution is 5.04. The lowest BCUT2D eigenvalue weighted by molar-refractivity contribution is -0.0553. The van der Waals surface area contributed by atoms with Crippen molar-refractivity contribution in [1.82, 2.24) is 9.97 Å². The van der Waals surface area contributed by atoms with Crippen LogP contribution in [0.2, 0.25) is 0 Å². The lowest BCUT2D eigenvalue weighted by Crippen LogP contribution is -2.19. The molecule has 0 N–H and O–H groups in total. The molecule has 1 saturated heterocycles. The largest absolute Gasteiger partial charge is 0.372 e. The molecule has 0 radical (unpaired) electrons. The minimum atomic E-state index is 0.239. The second kappa shape index (κ2) is 2.34. The van der Waals surface area contributed by atoms with Crippen molar-refractivity contribution in [3.05, 3.63) is 24.3 Å². The van der Waals surface area contributed by atoms with Gasteiger partial charge in [0.1, 0.15) is 12.4 Å². The quantitative estimate of drug-likeness (QED) is 0.576. The van der Waals surface area contributed by atoms with Gasteiger partial charge in [-0.05, 0) is 6.07 Å². The zero-order valence-electron chi connectivity index (χ0n) is 5.53. The van der Waals surface area contributed by atoms with E-state index in [1.165, 1.54) is 0 Å². The molecule has 10 heavy (non-hydrogen) atoms. The number of ether oxygens (including phenoxy) is 1. The van der Waals surface area contributed by atoms with E-state index in [9.17, 15) is 0 Å². The van der Waals surface area contributed by atoms with Gasteiger partial charge < -0.3 is 4.74 Å². The van der Waals surface area contributed by atoms with Gasteiger partial charge in [0.2, 0.25) is 0 Å². The van der Waals surface area contributed by atoms with Crippen molar-refractivity contribution in [2.45, 2.75) is 12.5 Å². The van der Waals surface area contributed by atoms with Crippen LogP contribution in [0.5, 0.6) is 0 Å². The summed E-state index contributed by atoms with van der Waals surface area (Å²) in [5.74, 6) is 0. The smallest absolute Gasteiger partial charge is 0.115 e. The average molecular weight is 136 g/mol. The van der Waals surface area contributed by atoms with E-state index in [1.54, 1.807) is 12.5 Å². The van der Waals surface area contributed by atoms with Crippen LogP contribution in [0.25, 0.3) is 0 Å². The maximum absolute atomic E-state index is 5.23. The molecule has 1 atom stereocenters. The van der Waals surface area contributed by atoms with Crippen molar-refractivity contribution >= 4 is 0 Å². The van der Waals surface area contributed by atoms with Crippen LogP contribution in [0.1, 0.15) is 18.2 Å². The third-order valence-electron chi connectivity index (χ3n) is 1.63. The van der Waals surface area contributed by atoms with Crippen molar-refractivity contribution in [2.24, 2.45) is 0 Å². The first-order chi connectivity index (χ1) is 4.97. The van der Waals surface area contributed by atoms with Gasteiger partial charge in [-0.25, -0.2) is 9.97 Å². The van der Waals surface area contributed by atoms with E-state index in [2.05, 4.69) is 9.97 Å². The summed E-state index contributed by atoms with van der Waals surface area (Å²) < 4.78 is 5.23. The fraction of sp³-hybridized carbons (Fsp3) is 0.429. The van der Waals surface area contributed by atoms with Crippen LogP contribution in [0, 0.1) is 0 Å². The Morgan fingerprint density at radius 3 is 3.00 bits per heavy atom. The predicted octanol–water partition coefficient (Wildman–Crippen LogP) is 0.938. The molecular formula is C7H8N2O. The zero-order valence-corrected chi connectivity index (χ0v) is 5.53. The molecule has 1 aliphatic heterocycles. The fourth-order valence-electron chi connectivity index (χ4n) is 0.960. The van der Waals surface area contributed by atoms with Crippen molar-refractivity contribution in [3.63, 3.8) is 0 Å². The summed E-state index contributed by atoms with van der Waals surface area (Å²) in [6, 6.07) is 1.89. The highest BCUT2D eigenvalue weighted by Crippen LogP contribution is 2.26. The van der Waals surface area contributed by atoms with Gasteiger partial charge in [0, 0.05) is 12.6 Å². The molecule has 0 aromatic carbocycles. The highest BCUT2D eigenvalue weighted by atomic mass is 16.5. The van der Waals surface area contributed by atoms with Crippen molar-refractivity contribution in [1.29, 1.82) is 0 Å². The van der Waals surface area contributed by atoms with Crippen LogP contribution >= 0.6 is 0 Å². The second-order valence-corrected chi connectivity index (χ2v) is 2.28. The normalized spacial score (nSPS) is 23.8. The first-order valence-electron chi connectivity index (χ1n) is 3.34. The Morgan fingerprint density at radius 2 is 2.50 bits per heavy atom. The van der Waals surface area contributed by atoms with Crippen molar-refractivity contribution in [2.75, 3.05) is 6.61 Å². The Hall–Kier alpha value is -0.960. The van der Waals surface area contributed by atoms with E-state index >= 15 is 0 Å². The van der Waals surface area contributed by atoms with Gasteiger partial charge in [-0.1, -0.05) is 0 Å². The Kier molecular flexibility index (Phi) is 1.36. The molecule has 1 aliphatic rings. The summed E-state index contributed by atoms with van der Waals surface area (Å²) in [5, 5.41) is 0. The molecule has 1 fully saturated rings. The minimum absolute atomic E-state index is 0.239. The van der Waals surface area contributed by atoms with Gasteiger partial charge in [0.05, 0.1) is 12.3 Å². The summed E-state index contributed by atoms with van der Waals surface area (Å²) in [7, 11) is 0. The number of aromatic nitrogens is 2. The molecule has 1 aromatic heterocycles. The minimum Gasteiger partial charge on any atom is -0.372 e. The first-order valence-corrected chi connectivity index (χ1v) is 3.34. The number of hydrogen-bond donors (Lipinski definition) is 0. The maximum atomic E-state index is 5.23. The standard InChI is InChI=1S/C7H8N2O/c1-3-8-5-9-6(1)7-2-4-10-7/h1,3,5,7H,2,4H2. The number of rotatable bonds is 1. The van der Waals surface area contributed by atoms with Crippen LogP contribution in [0.15, 0.2) is 18.6 Å². The molecule has 52 valence electrons. The van der Waals surface area contributed by atoms with Gasteiger partial charge in [0.15, 0.2) is 0 Å². The van der Waals surface area contributed by atoms with Crippen molar-refractivity contribution in [3.8, 4) is 0 Å². The van der Waals surface area contributed by atoms with E-state index in [0.29, 0.717) is 0 Å². The van der Waals surface area contributed by atoms with Crippen LogP contribution in [-0.4, -0.2) is 16.6 Å². The van der Waals surface area contributed by atoms with Gasteiger partial charge >= 0.3 is 0 Å². The summed E-state index contributed by atoms with van der Waals surface area (Å²) in [5.41, 5.74) is 1.00. The van der Waals surface area contributed by atoms with Crippen LogP contribution in [0.3, 0.4) is 0 Å². The molecule has 0 saturated carbocycles. The van der Waals surface area contributed by atoms with E-state index in [0.717, 1.165) is 18.7 Å². The van der Waals surface area contributed by atoms with Crippen LogP contribution < -0.4 is 0 Å². The van der Waals surface area contributed by atoms with E-state index in [4.69, 9.17) is 4.74 Å². The van der Waals surface area contributed by atoms with Crippen molar-refractivity contribution < 1.29 is 4.74 Å². The molecule has 3 heteroatoms. The number of hydrogen-bond acceptors (Lipinski definition) is 3. The molecular weight excluding hydrogens is 128 g/mol. The third kappa shape index (κ3) is 0.885. The van der Waals surface area contributed by atoms with E-state index < -0.39 is 0 Å². The molecule has 0 amide bonds. The lowest BCUT2D eigenvalue weighted by Gasteiger charge is -2.25. The summed E-state index contributed by atoms with van der Waals surface area (Å²) in [6.45, 7) is 0.870. The van der Waals surface area contributed by atoms with E-state index in [-0.39, 0.29) is 6.10 Å².